The smallest absolute Gasteiger partial charge is 0.227 e. The van der Waals surface area contributed by atoms with Crippen LogP contribution in [0.4, 0.5) is 0 Å². The number of hydrogen-bond donors (Lipinski definition) is 0. The van der Waals surface area contributed by atoms with Crippen molar-refractivity contribution in [2.45, 2.75) is 64.6 Å². The van der Waals surface area contributed by atoms with E-state index in [1.54, 1.807) is 12.4 Å². The van der Waals surface area contributed by atoms with Crippen LogP contribution in [0.25, 0.3) is 10.9 Å². The molecule has 5 heteroatoms. The Hall–Kier alpha value is -2.66. The lowest BCUT2D eigenvalue weighted by molar-refractivity contribution is -0.137. The van der Waals surface area contributed by atoms with Gasteiger partial charge in [-0.25, -0.2) is 0 Å². The molecule has 1 fully saturated rings. The summed E-state index contributed by atoms with van der Waals surface area (Å²) in [6, 6.07) is 11.7. The molecular formula is C28H36N4O. The van der Waals surface area contributed by atoms with E-state index in [1.807, 2.05) is 24.1 Å². The van der Waals surface area contributed by atoms with E-state index in [-0.39, 0.29) is 11.8 Å². The number of fused-ring (bicyclic) bond motifs is 2. The van der Waals surface area contributed by atoms with E-state index < -0.39 is 0 Å². The highest BCUT2D eigenvalue weighted by molar-refractivity contribution is 5.89. The number of pyridine rings is 1. The lowest BCUT2D eigenvalue weighted by Gasteiger charge is -2.47. The fourth-order valence-corrected chi connectivity index (χ4v) is 6.23. The number of piperidine rings is 1. The molecule has 0 radical (unpaired) electrons. The van der Waals surface area contributed by atoms with Gasteiger partial charge in [0.05, 0.1) is 5.92 Å². The summed E-state index contributed by atoms with van der Waals surface area (Å²) in [5, 5.41) is 1.45. The molecule has 1 aliphatic heterocycles. The lowest BCUT2D eigenvalue weighted by Crippen LogP contribution is -2.53. The minimum absolute atomic E-state index is 0.0358. The third-order valence-corrected chi connectivity index (χ3v) is 7.69. The normalized spacial score (nSPS) is 22.5. The predicted molar refractivity (Wildman–Crippen MR) is 133 cm³/mol. The van der Waals surface area contributed by atoms with Crippen LogP contribution in [0.5, 0.6) is 0 Å². The maximum absolute atomic E-state index is 13.6. The van der Waals surface area contributed by atoms with Gasteiger partial charge < -0.3 is 9.47 Å². The number of likely N-dealkylation sites (tertiary alicyclic amines) is 1. The zero-order valence-corrected chi connectivity index (χ0v) is 20.4. The van der Waals surface area contributed by atoms with E-state index >= 15 is 0 Å². The Balaban J connectivity index is 1.46. The zero-order chi connectivity index (χ0) is 23.1. The highest BCUT2D eigenvalue weighted by Gasteiger charge is 2.43. The van der Waals surface area contributed by atoms with Gasteiger partial charge in [0.2, 0.25) is 5.91 Å². The molecule has 5 rings (SSSR count). The zero-order valence-electron chi connectivity index (χ0n) is 20.4. The lowest BCUT2D eigenvalue weighted by atomic mass is 9.72. The number of aromatic nitrogens is 2. The minimum atomic E-state index is 0.0358. The predicted octanol–water partition coefficient (Wildman–Crippen LogP) is 5.02. The van der Waals surface area contributed by atoms with Gasteiger partial charge in [0.15, 0.2) is 0 Å². The van der Waals surface area contributed by atoms with E-state index in [1.165, 1.54) is 22.0 Å². The highest BCUT2D eigenvalue weighted by Crippen LogP contribution is 2.46. The van der Waals surface area contributed by atoms with E-state index in [0.29, 0.717) is 24.5 Å². The Kier molecular flexibility index (Phi) is 6.00. The van der Waals surface area contributed by atoms with Crippen LogP contribution in [-0.4, -0.2) is 51.4 Å². The van der Waals surface area contributed by atoms with Crippen LogP contribution in [0, 0.1) is 5.92 Å². The molecule has 0 unspecified atom stereocenters. The van der Waals surface area contributed by atoms with Crippen LogP contribution in [-0.2, 0) is 17.8 Å². The van der Waals surface area contributed by atoms with Crippen molar-refractivity contribution in [1.82, 2.24) is 19.4 Å². The molecule has 0 N–H and O–H groups in total. The Labute approximate surface area is 197 Å². The van der Waals surface area contributed by atoms with Gasteiger partial charge in [0.1, 0.15) is 0 Å². The number of rotatable bonds is 6. The fraction of sp³-hybridized carbons (Fsp3) is 0.500. The van der Waals surface area contributed by atoms with Crippen LogP contribution in [0.2, 0.25) is 0 Å². The first-order valence-electron chi connectivity index (χ1n) is 12.5. The third-order valence-electron chi connectivity index (χ3n) is 7.69. The van der Waals surface area contributed by atoms with Gasteiger partial charge in [-0.1, -0.05) is 19.1 Å². The third kappa shape index (κ3) is 3.97. The molecule has 3 atom stereocenters. The molecule has 1 aromatic carbocycles. The van der Waals surface area contributed by atoms with Gasteiger partial charge in [-0.2, -0.15) is 0 Å². The molecule has 1 amide bonds. The summed E-state index contributed by atoms with van der Waals surface area (Å²) in [7, 11) is 1.95. The standard InChI is InChI=1S/C28H36N4O/c1-5-13-31-17-22(28(33)30(4)16-20-9-11-29-12-10-20)14-24-23-7-6-8-25-27(23)21(15-26(24)31)18-32(25)19(2)3/h6-12,18-19,22,24,26H,5,13-17H2,1-4H3/t22-,24-,26-/m1/s1. The topological polar surface area (TPSA) is 41.4 Å². The van der Waals surface area contributed by atoms with E-state index in [0.717, 1.165) is 37.9 Å². The summed E-state index contributed by atoms with van der Waals surface area (Å²) in [6.45, 7) is 9.33. The summed E-state index contributed by atoms with van der Waals surface area (Å²) in [5.74, 6) is 0.713. The molecule has 3 aromatic rings. The monoisotopic (exact) mass is 444 g/mol. The Bertz CT molecular complexity index is 1140. The summed E-state index contributed by atoms with van der Waals surface area (Å²) < 4.78 is 2.43. The molecule has 3 heterocycles. The minimum Gasteiger partial charge on any atom is -0.345 e. The molecular weight excluding hydrogens is 408 g/mol. The molecule has 2 aliphatic rings. The number of carbonyl (C=O) groups excluding carboxylic acids is 1. The number of carbonyl (C=O) groups is 1. The van der Waals surface area contributed by atoms with Crippen molar-refractivity contribution in [2.75, 3.05) is 20.1 Å². The molecule has 5 nitrogen and oxygen atoms in total. The van der Waals surface area contributed by atoms with Crippen molar-refractivity contribution in [2.24, 2.45) is 5.92 Å². The van der Waals surface area contributed by atoms with Gasteiger partial charge in [-0.3, -0.25) is 14.7 Å². The summed E-state index contributed by atoms with van der Waals surface area (Å²) >= 11 is 0. The molecule has 33 heavy (non-hydrogen) atoms. The molecule has 0 spiro atoms. The average molecular weight is 445 g/mol. The highest BCUT2D eigenvalue weighted by atomic mass is 16.2. The van der Waals surface area contributed by atoms with Crippen LogP contribution >= 0.6 is 0 Å². The van der Waals surface area contributed by atoms with Crippen molar-refractivity contribution < 1.29 is 4.79 Å². The molecule has 0 bridgehead atoms. The number of hydrogen-bond acceptors (Lipinski definition) is 3. The Morgan fingerprint density at radius 3 is 2.73 bits per heavy atom. The van der Waals surface area contributed by atoms with Crippen LogP contribution in [0.15, 0.2) is 48.9 Å². The van der Waals surface area contributed by atoms with Crippen LogP contribution in [0.3, 0.4) is 0 Å². The van der Waals surface area contributed by atoms with Gasteiger partial charge in [-0.15, -0.1) is 0 Å². The fourth-order valence-electron chi connectivity index (χ4n) is 6.23. The van der Waals surface area contributed by atoms with E-state index in [9.17, 15) is 4.79 Å². The first-order chi connectivity index (χ1) is 16.0. The summed E-state index contributed by atoms with van der Waals surface area (Å²) in [4.78, 5) is 22.2. The SMILES string of the molecule is CCCN1C[C@H](C(=O)N(C)Cc2ccncc2)C[C@@H]2c3cccc4c3c(cn4C(C)C)C[C@H]21. The van der Waals surface area contributed by atoms with Crippen molar-refractivity contribution in [3.8, 4) is 0 Å². The Morgan fingerprint density at radius 2 is 2.00 bits per heavy atom. The Morgan fingerprint density at radius 1 is 1.21 bits per heavy atom. The molecule has 1 saturated heterocycles. The second kappa shape index (κ2) is 8.94. The quantitative estimate of drug-likeness (QED) is 0.536. The second-order valence-electron chi connectivity index (χ2n) is 10.3. The number of nitrogens with zero attached hydrogens (tertiary/aromatic N) is 4. The first kappa shape index (κ1) is 22.1. The van der Waals surface area contributed by atoms with Gasteiger partial charge in [0, 0.05) is 67.6 Å². The average Bonchev–Trinajstić information content (AvgIpc) is 3.20. The molecule has 174 valence electrons. The summed E-state index contributed by atoms with van der Waals surface area (Å²) in [5.41, 5.74) is 5.41. The van der Waals surface area contributed by atoms with Crippen LogP contribution < -0.4 is 0 Å². The van der Waals surface area contributed by atoms with E-state index in [2.05, 4.69) is 59.6 Å². The second-order valence-corrected chi connectivity index (χ2v) is 10.3. The van der Waals surface area contributed by atoms with Crippen molar-refractivity contribution >= 4 is 16.8 Å². The van der Waals surface area contributed by atoms with Crippen molar-refractivity contribution in [3.05, 3.63) is 65.6 Å². The number of amides is 1. The van der Waals surface area contributed by atoms with Gasteiger partial charge in [0.25, 0.3) is 0 Å². The number of benzene rings is 1. The maximum Gasteiger partial charge on any atom is 0.227 e. The van der Waals surface area contributed by atoms with Crippen molar-refractivity contribution in [1.29, 1.82) is 0 Å². The molecule has 2 aromatic heterocycles. The first-order valence-corrected chi connectivity index (χ1v) is 12.5. The van der Waals surface area contributed by atoms with Crippen molar-refractivity contribution in [3.63, 3.8) is 0 Å². The molecule has 1 aliphatic carbocycles. The molecule has 0 saturated carbocycles. The largest absolute Gasteiger partial charge is 0.345 e. The summed E-state index contributed by atoms with van der Waals surface area (Å²) in [6.07, 6.45) is 9.12. The van der Waals surface area contributed by atoms with E-state index in [4.69, 9.17) is 0 Å². The van der Waals surface area contributed by atoms with Gasteiger partial charge in [-0.05, 0) is 74.5 Å². The van der Waals surface area contributed by atoms with Gasteiger partial charge >= 0.3 is 0 Å². The maximum atomic E-state index is 13.6. The van der Waals surface area contributed by atoms with Crippen LogP contribution in [0.1, 0.15) is 62.3 Å².